The Morgan fingerprint density at radius 1 is 1.38 bits per heavy atom. The minimum atomic E-state index is -0.852. The van der Waals surface area contributed by atoms with Crippen LogP contribution >= 0.6 is 0 Å². The highest BCUT2D eigenvalue weighted by molar-refractivity contribution is 5.94. The fourth-order valence-electron chi connectivity index (χ4n) is 1.77. The normalized spacial score (nSPS) is 10.2. The van der Waals surface area contributed by atoms with Crippen molar-refractivity contribution < 1.29 is 23.1 Å². The number of ether oxygens (including phenoxy) is 1. The summed E-state index contributed by atoms with van der Waals surface area (Å²) in [4.78, 5) is 22.5. The van der Waals surface area contributed by atoms with Gasteiger partial charge in [0.1, 0.15) is 5.82 Å². The molecule has 0 saturated heterocycles. The summed E-state index contributed by atoms with van der Waals surface area (Å²) in [6.07, 6.45) is 1.36. The maximum atomic E-state index is 13.3. The molecule has 0 radical (unpaired) electrons. The van der Waals surface area contributed by atoms with Crippen molar-refractivity contribution in [1.29, 1.82) is 0 Å². The minimum absolute atomic E-state index is 0.0854. The van der Waals surface area contributed by atoms with Crippen molar-refractivity contribution in [2.75, 3.05) is 12.4 Å². The predicted molar refractivity (Wildman–Crippen MR) is 72.3 cm³/mol. The maximum absolute atomic E-state index is 13.3. The third kappa shape index (κ3) is 3.19. The van der Waals surface area contributed by atoms with Crippen LogP contribution in [0.5, 0.6) is 0 Å². The van der Waals surface area contributed by atoms with Crippen molar-refractivity contribution >= 4 is 17.6 Å². The number of anilines is 1. The van der Waals surface area contributed by atoms with Gasteiger partial charge >= 0.3 is 5.97 Å². The molecular formula is C14H13FN2O4. The zero-order valence-corrected chi connectivity index (χ0v) is 11.2. The van der Waals surface area contributed by atoms with Gasteiger partial charge in [-0.25, -0.2) is 9.18 Å². The van der Waals surface area contributed by atoms with E-state index in [0.717, 1.165) is 6.07 Å². The monoisotopic (exact) mass is 292 g/mol. The van der Waals surface area contributed by atoms with E-state index in [1.807, 2.05) is 0 Å². The zero-order chi connectivity index (χ0) is 15.4. The smallest absolute Gasteiger partial charge is 0.374 e. The standard InChI is InChI=1S/C14H13FN2O4/c1-20-14(19)12-8(4-5-21-12)7-17-9-2-3-11(15)10(6-9)13(16)18/h2-6,17H,7H2,1H3,(H2,16,18). The number of nitrogens with one attached hydrogen (secondary N) is 1. The van der Waals surface area contributed by atoms with E-state index in [2.05, 4.69) is 10.1 Å². The average molecular weight is 292 g/mol. The number of benzene rings is 1. The quantitative estimate of drug-likeness (QED) is 0.821. The largest absolute Gasteiger partial charge is 0.463 e. The molecule has 0 aliphatic heterocycles. The van der Waals surface area contributed by atoms with Crippen molar-refractivity contribution in [3.8, 4) is 0 Å². The Morgan fingerprint density at radius 3 is 2.81 bits per heavy atom. The molecule has 110 valence electrons. The average Bonchev–Trinajstić information content (AvgIpc) is 2.93. The summed E-state index contributed by atoms with van der Waals surface area (Å²) in [5, 5.41) is 2.95. The molecule has 6 nitrogen and oxygen atoms in total. The molecule has 0 unspecified atom stereocenters. The highest BCUT2D eigenvalue weighted by atomic mass is 19.1. The number of hydrogen-bond acceptors (Lipinski definition) is 5. The number of primary amides is 1. The molecule has 21 heavy (non-hydrogen) atoms. The summed E-state index contributed by atoms with van der Waals surface area (Å²) in [7, 11) is 1.25. The molecule has 2 aromatic rings. The number of hydrogen-bond donors (Lipinski definition) is 2. The Kier molecular flexibility index (Phi) is 4.22. The number of rotatable bonds is 5. The van der Waals surface area contributed by atoms with Crippen molar-refractivity contribution in [3.05, 3.63) is 53.2 Å². The van der Waals surface area contributed by atoms with Crippen molar-refractivity contribution in [1.82, 2.24) is 0 Å². The molecule has 0 aliphatic rings. The Bertz CT molecular complexity index is 681. The molecule has 0 atom stereocenters. The van der Waals surface area contributed by atoms with Crippen LogP contribution in [0.1, 0.15) is 26.5 Å². The van der Waals surface area contributed by atoms with Gasteiger partial charge < -0.3 is 20.2 Å². The number of esters is 1. The first-order valence-corrected chi connectivity index (χ1v) is 6.01. The Balaban J connectivity index is 2.14. The van der Waals surface area contributed by atoms with Crippen LogP contribution in [0.25, 0.3) is 0 Å². The molecule has 1 aromatic carbocycles. The predicted octanol–water partition coefficient (Wildman–Crippen LogP) is 1.92. The van der Waals surface area contributed by atoms with E-state index >= 15 is 0 Å². The third-order valence-electron chi connectivity index (χ3n) is 2.83. The zero-order valence-electron chi connectivity index (χ0n) is 11.2. The Hall–Kier alpha value is -2.83. The van der Waals surface area contributed by atoms with Gasteiger partial charge in [-0.1, -0.05) is 0 Å². The lowest BCUT2D eigenvalue weighted by Crippen LogP contribution is -2.14. The SMILES string of the molecule is COC(=O)c1occc1CNc1ccc(F)c(C(N)=O)c1. The number of halogens is 1. The van der Waals surface area contributed by atoms with Crippen LogP contribution in [0.2, 0.25) is 0 Å². The summed E-state index contributed by atoms with van der Waals surface area (Å²) in [6, 6.07) is 5.51. The van der Waals surface area contributed by atoms with Crippen LogP contribution < -0.4 is 11.1 Å². The molecule has 1 heterocycles. The summed E-state index contributed by atoms with van der Waals surface area (Å²) in [5.41, 5.74) is 5.93. The van der Waals surface area contributed by atoms with E-state index in [1.54, 1.807) is 6.07 Å². The number of nitrogens with two attached hydrogens (primary N) is 1. The van der Waals surface area contributed by atoms with Crippen LogP contribution in [0.15, 0.2) is 34.9 Å². The fourth-order valence-corrected chi connectivity index (χ4v) is 1.77. The van der Waals surface area contributed by atoms with Gasteiger partial charge in [0.15, 0.2) is 0 Å². The first-order chi connectivity index (χ1) is 10.0. The third-order valence-corrected chi connectivity index (χ3v) is 2.83. The lowest BCUT2D eigenvalue weighted by atomic mass is 10.1. The van der Waals surface area contributed by atoms with Crippen LogP contribution in [0.3, 0.4) is 0 Å². The van der Waals surface area contributed by atoms with E-state index in [0.29, 0.717) is 11.3 Å². The molecule has 0 aliphatic carbocycles. The maximum Gasteiger partial charge on any atom is 0.374 e. The molecular weight excluding hydrogens is 279 g/mol. The van der Waals surface area contributed by atoms with Crippen LogP contribution in [0.4, 0.5) is 10.1 Å². The topological polar surface area (TPSA) is 94.6 Å². The van der Waals surface area contributed by atoms with Gasteiger partial charge in [0.25, 0.3) is 5.91 Å². The summed E-state index contributed by atoms with van der Waals surface area (Å²) >= 11 is 0. The van der Waals surface area contributed by atoms with Gasteiger partial charge in [0.05, 0.1) is 18.9 Å². The van der Waals surface area contributed by atoms with Gasteiger partial charge in [-0.2, -0.15) is 0 Å². The second-order valence-corrected chi connectivity index (χ2v) is 4.18. The summed E-state index contributed by atoms with van der Waals surface area (Å²) in [6.45, 7) is 0.241. The molecule has 0 saturated carbocycles. The molecule has 2 rings (SSSR count). The number of furan rings is 1. The highest BCUT2D eigenvalue weighted by Gasteiger charge is 2.16. The molecule has 1 amide bonds. The van der Waals surface area contributed by atoms with Crippen molar-refractivity contribution in [2.24, 2.45) is 5.73 Å². The van der Waals surface area contributed by atoms with Crippen molar-refractivity contribution in [3.63, 3.8) is 0 Å². The van der Waals surface area contributed by atoms with E-state index in [9.17, 15) is 14.0 Å². The number of methoxy groups -OCH3 is 1. The fraction of sp³-hybridized carbons (Fsp3) is 0.143. The van der Waals surface area contributed by atoms with Gasteiger partial charge in [-0.15, -0.1) is 0 Å². The first kappa shape index (κ1) is 14.6. The van der Waals surface area contributed by atoms with Gasteiger partial charge in [-0.3, -0.25) is 4.79 Å². The number of carbonyl (C=O) groups is 2. The lowest BCUT2D eigenvalue weighted by Gasteiger charge is -2.08. The first-order valence-electron chi connectivity index (χ1n) is 6.01. The molecule has 0 fully saturated rings. The summed E-state index contributed by atoms with van der Waals surface area (Å²) in [5.74, 6) is -2.04. The molecule has 3 N–H and O–H groups in total. The Labute approximate surface area is 119 Å². The summed E-state index contributed by atoms with van der Waals surface area (Å²) < 4.78 is 23.0. The van der Waals surface area contributed by atoms with E-state index < -0.39 is 17.7 Å². The van der Waals surface area contributed by atoms with Gasteiger partial charge in [0, 0.05) is 17.8 Å². The second kappa shape index (κ2) is 6.08. The minimum Gasteiger partial charge on any atom is -0.463 e. The van der Waals surface area contributed by atoms with E-state index in [1.165, 1.54) is 25.5 Å². The highest BCUT2D eigenvalue weighted by Crippen LogP contribution is 2.17. The number of carbonyl (C=O) groups excluding carboxylic acids is 2. The number of amides is 1. The molecule has 7 heteroatoms. The molecule has 1 aromatic heterocycles. The van der Waals surface area contributed by atoms with Crippen LogP contribution in [0, 0.1) is 5.82 Å². The molecule has 0 spiro atoms. The lowest BCUT2D eigenvalue weighted by molar-refractivity contribution is 0.0563. The van der Waals surface area contributed by atoms with Gasteiger partial charge in [-0.05, 0) is 24.3 Å². The van der Waals surface area contributed by atoms with E-state index in [4.69, 9.17) is 10.2 Å². The van der Waals surface area contributed by atoms with Crippen LogP contribution in [-0.4, -0.2) is 19.0 Å². The molecule has 0 bridgehead atoms. The Morgan fingerprint density at radius 2 is 2.14 bits per heavy atom. The second-order valence-electron chi connectivity index (χ2n) is 4.18. The van der Waals surface area contributed by atoms with Gasteiger partial charge in [0.2, 0.25) is 5.76 Å². The van der Waals surface area contributed by atoms with Crippen LogP contribution in [-0.2, 0) is 11.3 Å². The van der Waals surface area contributed by atoms with Crippen molar-refractivity contribution in [2.45, 2.75) is 6.54 Å². The van der Waals surface area contributed by atoms with E-state index in [-0.39, 0.29) is 17.9 Å².